The predicted octanol–water partition coefficient (Wildman–Crippen LogP) is 5.26. The maximum atomic E-state index is 12.7. The van der Waals surface area contributed by atoms with Crippen LogP contribution < -0.4 is 9.47 Å². The van der Waals surface area contributed by atoms with Gasteiger partial charge in [-0.2, -0.15) is 0 Å². The number of benzene rings is 2. The number of ether oxygens (including phenoxy) is 2. The Labute approximate surface area is 176 Å². The minimum absolute atomic E-state index is 0.235. The molecule has 1 aliphatic heterocycles. The largest absolute Gasteiger partial charge is 0.493 e. The van der Waals surface area contributed by atoms with E-state index in [4.69, 9.17) is 9.47 Å². The molecule has 2 aromatic carbocycles. The van der Waals surface area contributed by atoms with E-state index in [0.29, 0.717) is 23.0 Å². The summed E-state index contributed by atoms with van der Waals surface area (Å²) in [5, 5.41) is -0.283. The van der Waals surface area contributed by atoms with Crippen LogP contribution in [0, 0.1) is 0 Å². The van der Waals surface area contributed by atoms with Crippen LogP contribution in [0.4, 0.5) is 4.79 Å². The zero-order valence-electron chi connectivity index (χ0n) is 15.2. The molecule has 7 heteroatoms. The van der Waals surface area contributed by atoms with E-state index in [0.717, 1.165) is 27.4 Å². The molecular weight excluding hydrogens is 442 g/mol. The Morgan fingerprint density at radius 2 is 2.00 bits per heavy atom. The van der Waals surface area contributed by atoms with Crippen LogP contribution in [-0.2, 0) is 11.3 Å². The van der Waals surface area contributed by atoms with Crippen LogP contribution in [0.15, 0.2) is 64.5 Å². The highest BCUT2D eigenvalue weighted by Crippen LogP contribution is 2.35. The number of rotatable bonds is 7. The van der Waals surface area contributed by atoms with E-state index in [1.165, 1.54) is 4.90 Å². The summed E-state index contributed by atoms with van der Waals surface area (Å²) in [4.78, 5) is 26.7. The Bertz CT molecular complexity index is 957. The van der Waals surface area contributed by atoms with Gasteiger partial charge in [-0.15, -0.1) is 0 Å². The predicted molar refractivity (Wildman–Crippen MR) is 114 cm³/mol. The van der Waals surface area contributed by atoms with Crippen molar-refractivity contribution in [1.82, 2.24) is 4.90 Å². The minimum Gasteiger partial charge on any atom is -0.493 e. The molecule has 0 unspecified atom stereocenters. The van der Waals surface area contributed by atoms with Crippen LogP contribution in [0.5, 0.6) is 11.5 Å². The zero-order chi connectivity index (χ0) is 20.1. The maximum absolute atomic E-state index is 12.7. The molecule has 2 aromatic rings. The minimum atomic E-state index is -0.305. The molecule has 3 rings (SSSR count). The molecule has 1 heterocycles. The third-order valence-corrected chi connectivity index (χ3v) is 5.35. The summed E-state index contributed by atoms with van der Waals surface area (Å²) < 4.78 is 11.8. The van der Waals surface area contributed by atoms with Gasteiger partial charge < -0.3 is 9.47 Å². The van der Waals surface area contributed by atoms with Crippen LogP contribution in [-0.4, -0.2) is 29.8 Å². The van der Waals surface area contributed by atoms with Crippen molar-refractivity contribution in [1.29, 1.82) is 0 Å². The number of hydrogen-bond donors (Lipinski definition) is 0. The summed E-state index contributed by atoms with van der Waals surface area (Å²) >= 11 is 4.33. The Kier molecular flexibility index (Phi) is 6.59. The fourth-order valence-electron chi connectivity index (χ4n) is 2.65. The number of halogens is 1. The van der Waals surface area contributed by atoms with Crippen molar-refractivity contribution in [2.75, 3.05) is 13.7 Å². The second kappa shape index (κ2) is 9.12. The van der Waals surface area contributed by atoms with Gasteiger partial charge in [0.15, 0.2) is 11.5 Å². The summed E-state index contributed by atoms with van der Waals surface area (Å²) in [6.07, 6.45) is 3.33. The summed E-state index contributed by atoms with van der Waals surface area (Å²) in [6, 6.07) is 12.9. The van der Waals surface area contributed by atoms with Gasteiger partial charge in [-0.05, 0) is 53.2 Å². The first-order valence-corrected chi connectivity index (χ1v) is 10.0. The van der Waals surface area contributed by atoms with Crippen molar-refractivity contribution in [3.8, 4) is 11.5 Å². The van der Waals surface area contributed by atoms with Gasteiger partial charge in [0.2, 0.25) is 0 Å². The van der Waals surface area contributed by atoms with Crippen molar-refractivity contribution in [3.05, 3.63) is 75.6 Å². The molecule has 0 bridgehead atoms. The zero-order valence-corrected chi connectivity index (χ0v) is 17.6. The molecule has 1 saturated heterocycles. The van der Waals surface area contributed by atoms with Gasteiger partial charge in [0, 0.05) is 4.47 Å². The smallest absolute Gasteiger partial charge is 0.293 e. The Morgan fingerprint density at radius 3 is 2.71 bits per heavy atom. The van der Waals surface area contributed by atoms with E-state index in [2.05, 4.69) is 22.5 Å². The SMILES string of the molecule is C=CCOc1ccc(/C=C2/SC(=O)N(Cc3cccc(Br)c3)C2=O)cc1OC. The van der Waals surface area contributed by atoms with E-state index < -0.39 is 0 Å². The first kappa shape index (κ1) is 20.2. The molecule has 28 heavy (non-hydrogen) atoms. The van der Waals surface area contributed by atoms with Crippen LogP contribution in [0.3, 0.4) is 0 Å². The van der Waals surface area contributed by atoms with Crippen molar-refractivity contribution in [3.63, 3.8) is 0 Å². The van der Waals surface area contributed by atoms with Crippen LogP contribution in [0.2, 0.25) is 0 Å². The average molecular weight is 460 g/mol. The van der Waals surface area contributed by atoms with Crippen molar-refractivity contribution in [2.45, 2.75) is 6.54 Å². The summed E-state index contributed by atoms with van der Waals surface area (Å²) in [5.41, 5.74) is 1.62. The summed E-state index contributed by atoms with van der Waals surface area (Å²) in [7, 11) is 1.55. The van der Waals surface area contributed by atoms with Crippen LogP contribution >= 0.6 is 27.7 Å². The van der Waals surface area contributed by atoms with Gasteiger partial charge in [-0.1, -0.05) is 46.8 Å². The van der Waals surface area contributed by atoms with E-state index >= 15 is 0 Å². The highest BCUT2D eigenvalue weighted by atomic mass is 79.9. The molecule has 0 atom stereocenters. The number of methoxy groups -OCH3 is 1. The number of thioether (sulfide) groups is 1. The first-order chi connectivity index (χ1) is 13.5. The molecule has 0 aliphatic carbocycles. The molecule has 1 fully saturated rings. The van der Waals surface area contributed by atoms with E-state index in [1.807, 2.05) is 30.3 Å². The van der Waals surface area contributed by atoms with Crippen molar-refractivity contribution >= 4 is 44.9 Å². The van der Waals surface area contributed by atoms with Gasteiger partial charge in [0.1, 0.15) is 6.61 Å². The summed E-state index contributed by atoms with van der Waals surface area (Å²) in [6.45, 7) is 4.22. The molecule has 0 aromatic heterocycles. The molecule has 0 N–H and O–H groups in total. The molecule has 2 amide bonds. The lowest BCUT2D eigenvalue weighted by molar-refractivity contribution is -0.123. The third kappa shape index (κ3) is 4.66. The highest BCUT2D eigenvalue weighted by Gasteiger charge is 2.35. The lowest BCUT2D eigenvalue weighted by Crippen LogP contribution is -2.27. The van der Waals surface area contributed by atoms with Crippen molar-refractivity contribution in [2.24, 2.45) is 0 Å². The number of carbonyl (C=O) groups is 2. The number of nitrogens with zero attached hydrogens (tertiary/aromatic N) is 1. The highest BCUT2D eigenvalue weighted by molar-refractivity contribution is 9.10. The maximum Gasteiger partial charge on any atom is 0.293 e. The van der Waals surface area contributed by atoms with Crippen molar-refractivity contribution < 1.29 is 19.1 Å². The lowest BCUT2D eigenvalue weighted by Gasteiger charge is -2.12. The molecule has 0 saturated carbocycles. The second-order valence-corrected chi connectivity index (χ2v) is 7.82. The topological polar surface area (TPSA) is 55.8 Å². The average Bonchev–Trinajstić information content (AvgIpc) is 2.94. The first-order valence-electron chi connectivity index (χ1n) is 8.43. The van der Waals surface area contributed by atoms with Gasteiger partial charge in [-0.3, -0.25) is 14.5 Å². The molecular formula is C21H18BrNO4S. The normalized spacial score (nSPS) is 15.2. The monoisotopic (exact) mass is 459 g/mol. The Balaban J connectivity index is 1.80. The molecule has 0 spiro atoms. The van der Waals surface area contributed by atoms with E-state index in [9.17, 15) is 9.59 Å². The third-order valence-electron chi connectivity index (χ3n) is 3.95. The van der Waals surface area contributed by atoms with Gasteiger partial charge in [0.05, 0.1) is 18.6 Å². The Morgan fingerprint density at radius 1 is 1.18 bits per heavy atom. The fraction of sp³-hybridized carbons (Fsp3) is 0.143. The van der Waals surface area contributed by atoms with Crippen LogP contribution in [0.25, 0.3) is 6.08 Å². The molecule has 144 valence electrons. The van der Waals surface area contributed by atoms with E-state index in [1.54, 1.807) is 31.4 Å². The molecule has 5 nitrogen and oxygen atoms in total. The molecule has 0 radical (unpaired) electrons. The lowest BCUT2D eigenvalue weighted by atomic mass is 10.1. The van der Waals surface area contributed by atoms with Gasteiger partial charge >= 0.3 is 0 Å². The van der Waals surface area contributed by atoms with Gasteiger partial charge in [0.25, 0.3) is 11.1 Å². The number of imide groups is 1. The van der Waals surface area contributed by atoms with Gasteiger partial charge in [-0.25, -0.2) is 0 Å². The summed E-state index contributed by atoms with van der Waals surface area (Å²) in [5.74, 6) is 0.826. The number of hydrogen-bond acceptors (Lipinski definition) is 5. The Hall–Kier alpha value is -2.51. The number of carbonyl (C=O) groups excluding carboxylic acids is 2. The fourth-order valence-corrected chi connectivity index (χ4v) is 3.93. The van der Waals surface area contributed by atoms with Crippen LogP contribution in [0.1, 0.15) is 11.1 Å². The molecule has 1 aliphatic rings. The number of amides is 2. The standard InChI is InChI=1S/C21H18BrNO4S/c1-3-9-27-17-8-7-14(11-18(17)26-2)12-19-20(24)23(21(25)28-19)13-15-5-4-6-16(22)10-15/h3-8,10-12H,1,9,13H2,2H3/b19-12+. The quantitative estimate of drug-likeness (QED) is 0.417. The van der Waals surface area contributed by atoms with E-state index in [-0.39, 0.29) is 17.7 Å². The second-order valence-electron chi connectivity index (χ2n) is 5.91.